The number of fused-ring (bicyclic) bond motifs is 3. The van der Waals surface area contributed by atoms with E-state index in [0.717, 1.165) is 51.0 Å². The minimum absolute atomic E-state index is 0.814. The van der Waals surface area contributed by atoms with E-state index in [9.17, 15) is 5.11 Å². The van der Waals surface area contributed by atoms with E-state index >= 15 is 0 Å². The smallest absolute Gasteiger partial charge is 0.0959 e. The van der Waals surface area contributed by atoms with Crippen LogP contribution in [-0.2, 0) is 19.2 Å². The molecule has 0 aliphatic heterocycles. The third kappa shape index (κ3) is 2.41. The standard InChI is InChI=1S/C20H23N5O/c1-6-25-16-9-13(19-12(2)22-23-24(19)5)7-8-15(16)18-17(25)10-14(11-21-18)20(3,4)26/h7-11,26H,6H2,1-5H3. The second-order valence-corrected chi connectivity index (χ2v) is 7.27. The molecule has 3 heterocycles. The van der Waals surface area contributed by atoms with Gasteiger partial charge in [0.05, 0.1) is 33.5 Å². The summed E-state index contributed by atoms with van der Waals surface area (Å²) >= 11 is 0. The molecule has 6 nitrogen and oxygen atoms in total. The molecule has 0 bridgehead atoms. The topological polar surface area (TPSA) is 68.8 Å². The summed E-state index contributed by atoms with van der Waals surface area (Å²) in [5, 5.41) is 19.7. The lowest BCUT2D eigenvalue weighted by atomic mass is 10.00. The molecule has 0 radical (unpaired) electrons. The van der Waals surface area contributed by atoms with Crippen molar-refractivity contribution in [1.82, 2.24) is 24.5 Å². The Morgan fingerprint density at radius 3 is 2.54 bits per heavy atom. The number of aliphatic hydroxyl groups is 1. The quantitative estimate of drug-likeness (QED) is 0.614. The molecule has 1 aromatic carbocycles. The summed E-state index contributed by atoms with van der Waals surface area (Å²) in [4.78, 5) is 4.66. The van der Waals surface area contributed by atoms with Crippen LogP contribution < -0.4 is 0 Å². The Kier molecular flexibility index (Phi) is 3.63. The van der Waals surface area contributed by atoms with E-state index in [1.54, 1.807) is 24.7 Å². The van der Waals surface area contributed by atoms with Crippen LogP contribution in [0.1, 0.15) is 32.0 Å². The predicted octanol–water partition coefficient (Wildman–Crippen LogP) is 3.54. The average Bonchev–Trinajstić information content (AvgIpc) is 3.09. The molecule has 0 aliphatic carbocycles. The largest absolute Gasteiger partial charge is 0.386 e. The van der Waals surface area contributed by atoms with Gasteiger partial charge in [-0.05, 0) is 45.9 Å². The van der Waals surface area contributed by atoms with Crippen molar-refractivity contribution in [3.63, 3.8) is 0 Å². The first-order valence-electron chi connectivity index (χ1n) is 8.82. The lowest BCUT2D eigenvalue weighted by molar-refractivity contribution is 0.0784. The molecule has 0 saturated carbocycles. The van der Waals surface area contributed by atoms with Gasteiger partial charge in [-0.2, -0.15) is 0 Å². The van der Waals surface area contributed by atoms with Crippen molar-refractivity contribution in [2.45, 2.75) is 39.8 Å². The molecule has 26 heavy (non-hydrogen) atoms. The van der Waals surface area contributed by atoms with Gasteiger partial charge in [-0.3, -0.25) is 4.98 Å². The Morgan fingerprint density at radius 1 is 1.15 bits per heavy atom. The van der Waals surface area contributed by atoms with Gasteiger partial charge in [0, 0.05) is 36.3 Å². The Labute approximate surface area is 152 Å². The van der Waals surface area contributed by atoms with Crippen LogP contribution in [0.4, 0.5) is 0 Å². The minimum Gasteiger partial charge on any atom is -0.386 e. The summed E-state index contributed by atoms with van der Waals surface area (Å²) in [6, 6.07) is 8.43. The lowest BCUT2D eigenvalue weighted by Crippen LogP contribution is -2.15. The molecule has 0 atom stereocenters. The van der Waals surface area contributed by atoms with Crippen LogP contribution in [0, 0.1) is 6.92 Å². The van der Waals surface area contributed by atoms with Crippen LogP contribution in [0.15, 0.2) is 30.5 Å². The molecule has 0 unspecified atom stereocenters. The minimum atomic E-state index is -0.918. The monoisotopic (exact) mass is 349 g/mol. The zero-order chi connectivity index (χ0) is 18.6. The molecule has 0 fully saturated rings. The zero-order valence-corrected chi connectivity index (χ0v) is 15.8. The highest BCUT2D eigenvalue weighted by atomic mass is 16.3. The third-order valence-corrected chi connectivity index (χ3v) is 4.99. The summed E-state index contributed by atoms with van der Waals surface area (Å²) in [6.45, 7) is 8.48. The van der Waals surface area contributed by atoms with Gasteiger partial charge in [0.1, 0.15) is 0 Å². The number of hydrogen-bond donors (Lipinski definition) is 1. The second kappa shape index (κ2) is 5.64. The first-order chi connectivity index (χ1) is 12.3. The average molecular weight is 349 g/mol. The number of benzene rings is 1. The highest BCUT2D eigenvalue weighted by Gasteiger charge is 2.20. The van der Waals surface area contributed by atoms with Crippen molar-refractivity contribution in [2.75, 3.05) is 0 Å². The highest BCUT2D eigenvalue weighted by molar-refractivity contribution is 6.07. The molecule has 4 aromatic rings. The highest BCUT2D eigenvalue weighted by Crippen LogP contribution is 2.33. The second-order valence-electron chi connectivity index (χ2n) is 7.27. The summed E-state index contributed by atoms with van der Waals surface area (Å²) in [7, 11) is 1.91. The van der Waals surface area contributed by atoms with Crippen molar-refractivity contribution in [3.05, 3.63) is 41.7 Å². The molecule has 0 spiro atoms. The summed E-state index contributed by atoms with van der Waals surface area (Å²) in [5.41, 5.74) is 6.04. The molecule has 134 valence electrons. The van der Waals surface area contributed by atoms with Gasteiger partial charge < -0.3 is 9.67 Å². The van der Waals surface area contributed by atoms with Gasteiger partial charge in [-0.25, -0.2) is 4.68 Å². The normalized spacial score (nSPS) is 12.4. The molecule has 0 aliphatic rings. The molecule has 4 rings (SSSR count). The van der Waals surface area contributed by atoms with Crippen LogP contribution in [-0.4, -0.2) is 29.7 Å². The molecule has 6 heteroatoms. The van der Waals surface area contributed by atoms with Crippen LogP contribution in [0.25, 0.3) is 33.2 Å². The number of aryl methyl sites for hydroxylation is 3. The summed E-state index contributed by atoms with van der Waals surface area (Å²) < 4.78 is 4.05. The number of aromatic nitrogens is 5. The first-order valence-corrected chi connectivity index (χ1v) is 8.82. The maximum absolute atomic E-state index is 10.4. The number of rotatable bonds is 3. The molecule has 0 saturated heterocycles. The molecule has 0 amide bonds. The van der Waals surface area contributed by atoms with Crippen molar-refractivity contribution in [1.29, 1.82) is 0 Å². The van der Waals surface area contributed by atoms with E-state index in [0.29, 0.717) is 0 Å². The van der Waals surface area contributed by atoms with Crippen molar-refractivity contribution < 1.29 is 5.11 Å². The number of nitrogens with zero attached hydrogens (tertiary/aromatic N) is 5. The van der Waals surface area contributed by atoms with Crippen LogP contribution in [0.3, 0.4) is 0 Å². The van der Waals surface area contributed by atoms with E-state index in [2.05, 4.69) is 45.0 Å². The number of pyridine rings is 1. The van der Waals surface area contributed by atoms with Crippen LogP contribution in [0.2, 0.25) is 0 Å². The van der Waals surface area contributed by atoms with Crippen molar-refractivity contribution >= 4 is 21.9 Å². The van der Waals surface area contributed by atoms with Gasteiger partial charge in [0.2, 0.25) is 0 Å². The number of hydrogen-bond acceptors (Lipinski definition) is 4. The molecular weight excluding hydrogens is 326 g/mol. The predicted molar refractivity (Wildman–Crippen MR) is 103 cm³/mol. The fourth-order valence-corrected chi connectivity index (χ4v) is 3.63. The Morgan fingerprint density at radius 2 is 1.92 bits per heavy atom. The van der Waals surface area contributed by atoms with Gasteiger partial charge in [-0.1, -0.05) is 11.3 Å². The van der Waals surface area contributed by atoms with E-state index in [1.165, 1.54) is 0 Å². The van der Waals surface area contributed by atoms with Crippen molar-refractivity contribution in [2.24, 2.45) is 7.05 Å². The zero-order valence-electron chi connectivity index (χ0n) is 15.8. The van der Waals surface area contributed by atoms with Gasteiger partial charge in [0.25, 0.3) is 0 Å². The Bertz CT molecular complexity index is 1110. The Hall–Kier alpha value is -2.73. The van der Waals surface area contributed by atoms with E-state index in [4.69, 9.17) is 0 Å². The molecule has 1 N–H and O–H groups in total. The summed E-state index contributed by atoms with van der Waals surface area (Å²) in [5.74, 6) is 0. The third-order valence-electron chi connectivity index (χ3n) is 4.99. The lowest BCUT2D eigenvalue weighted by Gasteiger charge is -2.17. The van der Waals surface area contributed by atoms with E-state index in [1.807, 2.05) is 20.0 Å². The molecule has 3 aromatic heterocycles. The van der Waals surface area contributed by atoms with Crippen molar-refractivity contribution in [3.8, 4) is 11.3 Å². The van der Waals surface area contributed by atoms with Gasteiger partial charge >= 0.3 is 0 Å². The van der Waals surface area contributed by atoms with Crippen LogP contribution >= 0.6 is 0 Å². The van der Waals surface area contributed by atoms with E-state index < -0.39 is 5.60 Å². The van der Waals surface area contributed by atoms with Crippen LogP contribution in [0.5, 0.6) is 0 Å². The molecular formula is C20H23N5O. The first kappa shape index (κ1) is 16.7. The Balaban J connectivity index is 2.03. The van der Waals surface area contributed by atoms with Gasteiger partial charge in [-0.15, -0.1) is 5.10 Å². The summed E-state index contributed by atoms with van der Waals surface area (Å²) in [6.07, 6.45) is 1.77. The fraction of sp³-hybridized carbons (Fsp3) is 0.350. The van der Waals surface area contributed by atoms with E-state index in [-0.39, 0.29) is 0 Å². The SMILES string of the molecule is CCn1c2cc(-c3c(C)nnn3C)ccc2c2ncc(C(C)(C)O)cc21. The maximum atomic E-state index is 10.4. The fourth-order valence-electron chi connectivity index (χ4n) is 3.63. The maximum Gasteiger partial charge on any atom is 0.0959 e. The van der Waals surface area contributed by atoms with Gasteiger partial charge in [0.15, 0.2) is 0 Å².